The largest absolute Gasteiger partial charge is 0.481 e. The second-order valence-electron chi connectivity index (χ2n) is 4.36. The molecule has 3 rings (SSSR count). The van der Waals surface area contributed by atoms with Crippen LogP contribution in [-0.4, -0.2) is 46.1 Å². The van der Waals surface area contributed by atoms with Gasteiger partial charge in [-0.05, 0) is 6.07 Å². The first kappa shape index (κ1) is 13.6. The molecule has 3 aromatic rings. The smallest absolute Gasteiger partial charge is 0.313 e. The van der Waals surface area contributed by atoms with Gasteiger partial charge in [-0.3, -0.25) is 14.5 Å². The van der Waals surface area contributed by atoms with Crippen LogP contribution in [0.4, 0.5) is 0 Å². The zero-order chi connectivity index (χ0) is 14.8. The number of nitrogens with zero attached hydrogens (tertiary/aromatic N) is 6. The molecule has 0 aromatic carbocycles. The molecule has 0 aliphatic carbocycles. The molecule has 0 spiro atoms. The van der Waals surface area contributed by atoms with Gasteiger partial charge in [0.1, 0.15) is 11.8 Å². The van der Waals surface area contributed by atoms with Crippen molar-refractivity contribution in [2.75, 3.05) is 5.75 Å². The lowest BCUT2D eigenvalue weighted by Crippen LogP contribution is -2.06. The molecular formula is C12H12N6O2S. The van der Waals surface area contributed by atoms with Crippen LogP contribution in [0, 0.1) is 0 Å². The van der Waals surface area contributed by atoms with Crippen LogP contribution in [0.1, 0.15) is 5.82 Å². The molecule has 8 nitrogen and oxygen atoms in total. The maximum Gasteiger partial charge on any atom is 0.313 e. The Balaban J connectivity index is 2.00. The maximum atomic E-state index is 10.8. The summed E-state index contributed by atoms with van der Waals surface area (Å²) in [7, 11) is 1.80. The number of carbonyl (C=O) groups is 1. The van der Waals surface area contributed by atoms with Crippen LogP contribution >= 0.6 is 11.8 Å². The fourth-order valence-corrected chi connectivity index (χ4v) is 2.68. The third-order valence-electron chi connectivity index (χ3n) is 2.79. The first-order valence-corrected chi connectivity index (χ1v) is 7.11. The van der Waals surface area contributed by atoms with E-state index in [4.69, 9.17) is 5.11 Å². The molecule has 0 aliphatic rings. The van der Waals surface area contributed by atoms with E-state index >= 15 is 0 Å². The summed E-state index contributed by atoms with van der Waals surface area (Å²) >= 11 is 1.17. The Labute approximate surface area is 123 Å². The Morgan fingerprint density at radius 1 is 1.48 bits per heavy atom. The molecule has 0 radical (unpaired) electrons. The van der Waals surface area contributed by atoms with Crippen LogP contribution in [0.15, 0.2) is 29.9 Å². The lowest BCUT2D eigenvalue weighted by molar-refractivity contribution is -0.133. The summed E-state index contributed by atoms with van der Waals surface area (Å²) in [5, 5.41) is 13.7. The zero-order valence-electron chi connectivity index (χ0n) is 11.2. The Morgan fingerprint density at radius 2 is 2.33 bits per heavy atom. The normalized spacial score (nSPS) is 11.1. The molecule has 3 heterocycles. The predicted molar refractivity (Wildman–Crippen MR) is 76.0 cm³/mol. The summed E-state index contributed by atoms with van der Waals surface area (Å²) in [6, 6.07) is 1.84. The quantitative estimate of drug-likeness (QED) is 0.695. The molecule has 0 saturated heterocycles. The lowest BCUT2D eigenvalue weighted by atomic mass is 10.4. The lowest BCUT2D eigenvalue weighted by Gasteiger charge is -2.05. The molecule has 0 amide bonds. The molecule has 0 bridgehead atoms. The summed E-state index contributed by atoms with van der Waals surface area (Å²) in [4.78, 5) is 23.4. The van der Waals surface area contributed by atoms with Crippen molar-refractivity contribution >= 4 is 28.8 Å². The molecule has 9 heteroatoms. The van der Waals surface area contributed by atoms with Gasteiger partial charge in [0.25, 0.3) is 0 Å². The van der Waals surface area contributed by atoms with Gasteiger partial charge in [0, 0.05) is 13.2 Å². The van der Waals surface area contributed by atoms with Gasteiger partial charge in [0.2, 0.25) is 0 Å². The number of imidazole rings is 1. The van der Waals surface area contributed by atoms with Gasteiger partial charge >= 0.3 is 5.97 Å². The zero-order valence-corrected chi connectivity index (χ0v) is 12.0. The SMILES string of the molecule is Cn1cnc(Cn2c(SCC(=O)O)nc3cnccc32)n1. The average Bonchev–Trinajstić information content (AvgIpc) is 3.01. The van der Waals surface area contributed by atoms with Crippen molar-refractivity contribution in [3.8, 4) is 0 Å². The highest BCUT2D eigenvalue weighted by Crippen LogP contribution is 2.24. The van der Waals surface area contributed by atoms with E-state index in [1.807, 2.05) is 10.6 Å². The van der Waals surface area contributed by atoms with Crippen LogP contribution in [0.25, 0.3) is 11.0 Å². The van der Waals surface area contributed by atoms with Crippen molar-refractivity contribution in [1.82, 2.24) is 29.3 Å². The van der Waals surface area contributed by atoms with Crippen LogP contribution in [0.5, 0.6) is 0 Å². The Kier molecular flexibility index (Phi) is 3.57. The standard InChI is InChI=1S/C12H12N6O2S/c1-17-7-14-10(16-17)5-18-9-2-3-13-4-8(9)15-12(18)21-6-11(19)20/h2-4,7H,5-6H2,1H3,(H,19,20). The van der Waals surface area contributed by atoms with Gasteiger partial charge in [0.05, 0.1) is 24.0 Å². The number of aliphatic carboxylic acids is 1. The summed E-state index contributed by atoms with van der Waals surface area (Å²) in [6.07, 6.45) is 4.96. The molecule has 0 aliphatic heterocycles. The minimum Gasteiger partial charge on any atom is -0.481 e. The van der Waals surface area contributed by atoms with Crippen LogP contribution in [-0.2, 0) is 18.4 Å². The van der Waals surface area contributed by atoms with Crippen LogP contribution in [0.2, 0.25) is 0 Å². The molecule has 108 valence electrons. The van der Waals surface area contributed by atoms with Gasteiger partial charge in [0.15, 0.2) is 11.0 Å². The number of hydrogen-bond donors (Lipinski definition) is 1. The van der Waals surface area contributed by atoms with E-state index in [2.05, 4.69) is 20.1 Å². The van der Waals surface area contributed by atoms with E-state index in [-0.39, 0.29) is 5.75 Å². The monoisotopic (exact) mass is 304 g/mol. The number of rotatable bonds is 5. The second kappa shape index (κ2) is 5.52. The number of carboxylic acids is 1. The van der Waals surface area contributed by atoms with E-state index in [0.29, 0.717) is 17.5 Å². The second-order valence-corrected chi connectivity index (χ2v) is 5.30. The molecule has 0 saturated carbocycles. The van der Waals surface area contributed by atoms with E-state index in [1.165, 1.54) is 11.8 Å². The first-order valence-electron chi connectivity index (χ1n) is 6.13. The Morgan fingerprint density at radius 3 is 3.05 bits per heavy atom. The Hall–Kier alpha value is -2.42. The summed E-state index contributed by atoms with van der Waals surface area (Å²) in [5.74, 6) is -0.287. The molecular weight excluding hydrogens is 292 g/mol. The Bertz CT molecular complexity index is 796. The molecule has 1 N–H and O–H groups in total. The highest BCUT2D eigenvalue weighted by molar-refractivity contribution is 7.99. The minimum atomic E-state index is -0.882. The van der Waals surface area contributed by atoms with Crippen molar-refractivity contribution in [2.24, 2.45) is 7.05 Å². The maximum absolute atomic E-state index is 10.8. The van der Waals surface area contributed by atoms with Crippen molar-refractivity contribution in [3.05, 3.63) is 30.6 Å². The molecule has 3 aromatic heterocycles. The highest BCUT2D eigenvalue weighted by Gasteiger charge is 2.14. The van der Waals surface area contributed by atoms with E-state index < -0.39 is 5.97 Å². The van der Waals surface area contributed by atoms with E-state index in [9.17, 15) is 4.79 Å². The van der Waals surface area contributed by atoms with Gasteiger partial charge < -0.3 is 9.67 Å². The van der Waals surface area contributed by atoms with Crippen molar-refractivity contribution < 1.29 is 9.90 Å². The number of aromatic nitrogens is 6. The van der Waals surface area contributed by atoms with Gasteiger partial charge in [-0.25, -0.2) is 9.97 Å². The number of hydrogen-bond acceptors (Lipinski definition) is 6. The van der Waals surface area contributed by atoms with Gasteiger partial charge in [-0.1, -0.05) is 11.8 Å². The first-order chi connectivity index (χ1) is 10.1. The van der Waals surface area contributed by atoms with Crippen molar-refractivity contribution in [3.63, 3.8) is 0 Å². The summed E-state index contributed by atoms with van der Waals surface area (Å²) in [6.45, 7) is 0.434. The topological polar surface area (TPSA) is 98.7 Å². The third kappa shape index (κ3) is 2.87. The van der Waals surface area contributed by atoms with Crippen molar-refractivity contribution in [2.45, 2.75) is 11.7 Å². The fourth-order valence-electron chi connectivity index (χ4n) is 1.95. The predicted octanol–water partition coefficient (Wildman–Crippen LogP) is 0.785. The average molecular weight is 304 g/mol. The third-order valence-corrected chi connectivity index (χ3v) is 3.75. The fraction of sp³-hybridized carbons (Fsp3) is 0.250. The van der Waals surface area contributed by atoms with Crippen LogP contribution in [0.3, 0.4) is 0 Å². The number of fused-ring (bicyclic) bond motifs is 1. The number of thioether (sulfide) groups is 1. The van der Waals surface area contributed by atoms with Gasteiger partial charge in [-0.2, -0.15) is 5.10 Å². The minimum absolute atomic E-state index is 0.0492. The molecule has 0 fully saturated rings. The van der Waals surface area contributed by atoms with E-state index in [0.717, 1.165) is 11.0 Å². The van der Waals surface area contributed by atoms with Crippen LogP contribution < -0.4 is 0 Å². The highest BCUT2D eigenvalue weighted by atomic mass is 32.2. The van der Waals surface area contributed by atoms with Gasteiger partial charge in [-0.15, -0.1) is 0 Å². The summed E-state index contributed by atoms with van der Waals surface area (Å²) in [5.41, 5.74) is 1.60. The molecule has 0 atom stereocenters. The van der Waals surface area contributed by atoms with Crippen molar-refractivity contribution in [1.29, 1.82) is 0 Å². The number of pyridine rings is 1. The number of carboxylic acid groups (broad SMARTS) is 1. The summed E-state index contributed by atoms with van der Waals surface area (Å²) < 4.78 is 3.53. The van der Waals surface area contributed by atoms with E-state index in [1.54, 1.807) is 30.5 Å². The number of aryl methyl sites for hydroxylation is 1. The molecule has 0 unspecified atom stereocenters. The molecule has 21 heavy (non-hydrogen) atoms.